The summed E-state index contributed by atoms with van der Waals surface area (Å²) in [5.41, 5.74) is 8.37. The lowest BCUT2D eigenvalue weighted by Crippen LogP contribution is -2.12. The molecule has 3 aromatic rings. The largest absolute Gasteiger partial charge is 0.496 e. The van der Waals surface area contributed by atoms with Crippen LogP contribution in [0.2, 0.25) is 0 Å². The van der Waals surface area contributed by atoms with Crippen molar-refractivity contribution in [1.82, 2.24) is 15.4 Å². The summed E-state index contributed by atoms with van der Waals surface area (Å²) in [7, 11) is 1.59. The SMILES string of the molecule is C=CCc1ccccc1OCc1cc(-c2n[nH]nc2C(N)=O)ccc1OC. The van der Waals surface area contributed by atoms with E-state index in [1.54, 1.807) is 19.2 Å². The van der Waals surface area contributed by atoms with E-state index in [1.807, 2.05) is 36.4 Å². The molecular formula is C20H20N4O3. The molecule has 1 amide bonds. The second-order valence-corrected chi connectivity index (χ2v) is 5.80. The summed E-state index contributed by atoms with van der Waals surface area (Å²) in [5.74, 6) is 0.805. The number of carbonyl (C=O) groups excluding carboxylic acids is 1. The molecule has 3 rings (SSSR count). The van der Waals surface area contributed by atoms with Crippen LogP contribution in [0.5, 0.6) is 11.5 Å². The van der Waals surface area contributed by atoms with Gasteiger partial charge in [0.1, 0.15) is 23.8 Å². The zero-order valence-electron chi connectivity index (χ0n) is 14.9. The quantitative estimate of drug-likeness (QED) is 0.598. The third kappa shape index (κ3) is 3.98. The monoisotopic (exact) mass is 364 g/mol. The van der Waals surface area contributed by atoms with Gasteiger partial charge in [-0.25, -0.2) is 0 Å². The van der Waals surface area contributed by atoms with E-state index >= 15 is 0 Å². The maximum absolute atomic E-state index is 11.5. The van der Waals surface area contributed by atoms with Crippen molar-refractivity contribution in [2.24, 2.45) is 5.73 Å². The van der Waals surface area contributed by atoms with Crippen LogP contribution in [0.3, 0.4) is 0 Å². The Kier molecular flexibility index (Phi) is 5.51. The second-order valence-electron chi connectivity index (χ2n) is 5.80. The fraction of sp³-hybridized carbons (Fsp3) is 0.150. The smallest absolute Gasteiger partial charge is 0.271 e. The lowest BCUT2D eigenvalue weighted by Gasteiger charge is -2.14. The van der Waals surface area contributed by atoms with Crippen molar-refractivity contribution in [3.8, 4) is 22.8 Å². The van der Waals surface area contributed by atoms with Gasteiger partial charge >= 0.3 is 0 Å². The van der Waals surface area contributed by atoms with E-state index in [9.17, 15) is 4.79 Å². The number of primary amides is 1. The van der Waals surface area contributed by atoms with Crippen molar-refractivity contribution in [1.29, 1.82) is 0 Å². The summed E-state index contributed by atoms with van der Waals surface area (Å²) in [5, 5.41) is 10.3. The molecule has 0 fully saturated rings. The lowest BCUT2D eigenvalue weighted by atomic mass is 10.1. The highest BCUT2D eigenvalue weighted by Gasteiger charge is 2.17. The highest BCUT2D eigenvalue weighted by Crippen LogP contribution is 2.28. The van der Waals surface area contributed by atoms with E-state index < -0.39 is 5.91 Å². The molecule has 0 spiro atoms. The number of amides is 1. The number of para-hydroxylation sites is 1. The van der Waals surface area contributed by atoms with Gasteiger partial charge < -0.3 is 15.2 Å². The Morgan fingerprint density at radius 1 is 1.19 bits per heavy atom. The van der Waals surface area contributed by atoms with Crippen molar-refractivity contribution in [3.05, 3.63) is 71.9 Å². The lowest BCUT2D eigenvalue weighted by molar-refractivity contribution is 0.0996. The van der Waals surface area contributed by atoms with Crippen LogP contribution in [0.4, 0.5) is 0 Å². The van der Waals surface area contributed by atoms with Crippen LogP contribution in [0, 0.1) is 0 Å². The maximum atomic E-state index is 11.5. The molecule has 2 aromatic carbocycles. The molecule has 27 heavy (non-hydrogen) atoms. The number of H-pyrrole nitrogens is 1. The normalized spacial score (nSPS) is 10.4. The summed E-state index contributed by atoms with van der Waals surface area (Å²) in [6.07, 6.45) is 2.55. The van der Waals surface area contributed by atoms with Crippen LogP contribution >= 0.6 is 0 Å². The van der Waals surface area contributed by atoms with Gasteiger partial charge in [0.25, 0.3) is 5.91 Å². The van der Waals surface area contributed by atoms with Crippen molar-refractivity contribution in [2.75, 3.05) is 7.11 Å². The number of ether oxygens (including phenoxy) is 2. The molecule has 138 valence electrons. The number of hydrogen-bond donors (Lipinski definition) is 2. The van der Waals surface area contributed by atoms with Crippen LogP contribution in [0.15, 0.2) is 55.1 Å². The van der Waals surface area contributed by atoms with E-state index in [0.717, 1.165) is 16.9 Å². The molecule has 7 nitrogen and oxygen atoms in total. The minimum atomic E-state index is -0.647. The minimum Gasteiger partial charge on any atom is -0.496 e. The molecule has 7 heteroatoms. The van der Waals surface area contributed by atoms with Crippen molar-refractivity contribution < 1.29 is 14.3 Å². The van der Waals surface area contributed by atoms with Gasteiger partial charge in [0.15, 0.2) is 5.69 Å². The van der Waals surface area contributed by atoms with Crippen molar-refractivity contribution in [3.63, 3.8) is 0 Å². The molecule has 0 saturated heterocycles. The van der Waals surface area contributed by atoms with Crippen molar-refractivity contribution >= 4 is 5.91 Å². The molecule has 0 radical (unpaired) electrons. The van der Waals surface area contributed by atoms with E-state index in [2.05, 4.69) is 22.0 Å². The van der Waals surface area contributed by atoms with Crippen LogP contribution in [0.1, 0.15) is 21.6 Å². The van der Waals surface area contributed by atoms with Gasteiger partial charge in [0.05, 0.1) is 7.11 Å². The number of nitrogens with one attached hydrogen (secondary N) is 1. The van der Waals surface area contributed by atoms with Gasteiger partial charge in [0, 0.05) is 11.1 Å². The maximum Gasteiger partial charge on any atom is 0.271 e. The van der Waals surface area contributed by atoms with Gasteiger partial charge in [-0.1, -0.05) is 24.3 Å². The first-order valence-corrected chi connectivity index (χ1v) is 8.33. The standard InChI is InChI=1S/C20H20N4O3/c1-3-6-13-7-4-5-8-17(13)27-12-15-11-14(9-10-16(15)26-2)18-19(20(21)25)23-24-22-18/h3-5,7-11H,1,6,12H2,2H3,(H2,21,25)(H,22,23,24). The Labute approximate surface area is 156 Å². The summed E-state index contributed by atoms with van der Waals surface area (Å²) < 4.78 is 11.4. The molecule has 0 saturated carbocycles. The fourth-order valence-corrected chi connectivity index (χ4v) is 2.77. The molecular weight excluding hydrogens is 344 g/mol. The number of benzene rings is 2. The molecule has 0 aliphatic carbocycles. The summed E-state index contributed by atoms with van der Waals surface area (Å²) >= 11 is 0. The van der Waals surface area contributed by atoms with Gasteiger partial charge in [-0.2, -0.15) is 15.4 Å². The Bertz CT molecular complexity index is 965. The number of methoxy groups -OCH3 is 1. The van der Waals surface area contributed by atoms with Gasteiger partial charge in [-0.15, -0.1) is 6.58 Å². The number of rotatable bonds is 8. The van der Waals surface area contributed by atoms with Crippen LogP contribution in [0.25, 0.3) is 11.3 Å². The van der Waals surface area contributed by atoms with E-state index in [4.69, 9.17) is 15.2 Å². The average Bonchev–Trinajstić information content (AvgIpc) is 3.17. The van der Waals surface area contributed by atoms with Gasteiger partial charge in [-0.3, -0.25) is 4.79 Å². The Hall–Kier alpha value is -3.61. The first-order chi connectivity index (χ1) is 13.1. The molecule has 0 bridgehead atoms. The summed E-state index contributed by atoms with van der Waals surface area (Å²) in [4.78, 5) is 11.5. The predicted molar refractivity (Wildman–Crippen MR) is 102 cm³/mol. The summed E-state index contributed by atoms with van der Waals surface area (Å²) in [6, 6.07) is 13.2. The van der Waals surface area contributed by atoms with Crippen LogP contribution < -0.4 is 15.2 Å². The molecule has 0 aliphatic rings. The third-order valence-corrected chi connectivity index (χ3v) is 4.06. The van der Waals surface area contributed by atoms with Crippen LogP contribution in [-0.2, 0) is 13.0 Å². The van der Waals surface area contributed by atoms with Gasteiger partial charge in [0.2, 0.25) is 0 Å². The number of aromatic amines is 1. The van der Waals surface area contributed by atoms with E-state index in [-0.39, 0.29) is 12.3 Å². The first-order valence-electron chi connectivity index (χ1n) is 8.33. The highest BCUT2D eigenvalue weighted by atomic mass is 16.5. The number of hydrogen-bond acceptors (Lipinski definition) is 5. The number of nitrogens with zero attached hydrogens (tertiary/aromatic N) is 2. The topological polar surface area (TPSA) is 103 Å². The fourth-order valence-electron chi connectivity index (χ4n) is 2.77. The predicted octanol–water partition coefficient (Wildman–Crippen LogP) is 2.89. The average molecular weight is 364 g/mol. The Morgan fingerprint density at radius 3 is 2.74 bits per heavy atom. The molecule has 3 N–H and O–H groups in total. The number of nitrogens with two attached hydrogens (primary N) is 1. The number of aromatic nitrogens is 3. The zero-order valence-corrected chi connectivity index (χ0v) is 14.9. The molecule has 1 heterocycles. The van der Waals surface area contributed by atoms with Gasteiger partial charge in [-0.05, 0) is 36.2 Å². The summed E-state index contributed by atoms with van der Waals surface area (Å²) in [6.45, 7) is 4.06. The molecule has 0 atom stereocenters. The zero-order chi connectivity index (χ0) is 19.2. The highest BCUT2D eigenvalue weighted by molar-refractivity contribution is 5.96. The molecule has 1 aromatic heterocycles. The second kappa shape index (κ2) is 8.18. The molecule has 0 unspecified atom stereocenters. The van der Waals surface area contributed by atoms with E-state index in [0.29, 0.717) is 23.4 Å². The minimum absolute atomic E-state index is 0.0864. The van der Waals surface area contributed by atoms with E-state index in [1.165, 1.54) is 0 Å². The third-order valence-electron chi connectivity index (χ3n) is 4.06. The Balaban J connectivity index is 1.90. The van der Waals surface area contributed by atoms with Crippen LogP contribution in [-0.4, -0.2) is 28.4 Å². The first kappa shape index (κ1) is 18.2. The van der Waals surface area contributed by atoms with Crippen molar-refractivity contribution in [2.45, 2.75) is 13.0 Å². The number of allylic oxidation sites excluding steroid dienone is 1. The Morgan fingerprint density at radius 2 is 2.00 bits per heavy atom. The molecule has 0 aliphatic heterocycles. The number of carbonyl (C=O) groups is 1.